The molecule has 0 heterocycles. The Labute approximate surface area is 145 Å². The van der Waals surface area contributed by atoms with Gasteiger partial charge in [0.05, 0.1) is 5.56 Å². The fraction of sp³-hybridized carbons (Fsp3) is 0.316. The Hall–Kier alpha value is -2.50. The van der Waals surface area contributed by atoms with E-state index < -0.39 is 11.7 Å². The molecule has 0 aliphatic rings. The lowest BCUT2D eigenvalue weighted by Crippen LogP contribution is -2.17. The number of carbonyl (C=O) groups is 1. The molecule has 0 fully saturated rings. The van der Waals surface area contributed by atoms with E-state index >= 15 is 0 Å². The maximum Gasteiger partial charge on any atom is 0.416 e. The molecule has 2 rings (SSSR count). The Kier molecular flexibility index (Phi) is 6.07. The summed E-state index contributed by atoms with van der Waals surface area (Å²) in [5.41, 5.74) is 1.70. The number of hydrogen-bond acceptors (Lipinski definition) is 2. The minimum Gasteiger partial charge on any atom is -0.385 e. The smallest absolute Gasteiger partial charge is 0.385 e. The Balaban J connectivity index is 1.85. The van der Waals surface area contributed by atoms with E-state index in [1.807, 2.05) is 24.3 Å². The predicted molar refractivity (Wildman–Crippen MR) is 93.7 cm³/mol. The molecular formula is C19H21F3N2O. The van der Waals surface area contributed by atoms with Crippen LogP contribution in [0, 0.1) is 0 Å². The summed E-state index contributed by atoms with van der Waals surface area (Å²) >= 11 is 0. The first-order valence-electron chi connectivity index (χ1n) is 8.07. The molecule has 3 nitrogen and oxygen atoms in total. The number of para-hydroxylation sites is 1. The van der Waals surface area contributed by atoms with Crippen LogP contribution in [0.25, 0.3) is 0 Å². The molecule has 0 atom stereocenters. The summed E-state index contributed by atoms with van der Waals surface area (Å²) in [5, 5.41) is 5.83. The van der Waals surface area contributed by atoms with Gasteiger partial charge in [-0.2, -0.15) is 13.2 Å². The zero-order chi connectivity index (χ0) is 18.4. The van der Waals surface area contributed by atoms with Crippen molar-refractivity contribution in [2.45, 2.75) is 32.4 Å². The Morgan fingerprint density at radius 3 is 2.28 bits per heavy atom. The molecule has 2 N–H and O–H groups in total. The van der Waals surface area contributed by atoms with E-state index in [2.05, 4.69) is 24.5 Å². The van der Waals surface area contributed by atoms with Crippen molar-refractivity contribution in [3.8, 4) is 0 Å². The van der Waals surface area contributed by atoms with Crippen LogP contribution in [-0.2, 0) is 11.0 Å². The predicted octanol–water partition coefficient (Wildman–Crippen LogP) is 5.27. The third-order valence-corrected chi connectivity index (χ3v) is 3.75. The van der Waals surface area contributed by atoms with Crippen molar-refractivity contribution < 1.29 is 18.0 Å². The van der Waals surface area contributed by atoms with Crippen LogP contribution in [0.2, 0.25) is 0 Å². The van der Waals surface area contributed by atoms with Crippen molar-refractivity contribution in [3.63, 3.8) is 0 Å². The SMILES string of the molecule is CC(C)c1ccccc1NC(=O)CCNc1ccc(C(F)(F)F)cc1. The lowest BCUT2D eigenvalue weighted by Gasteiger charge is -2.14. The molecule has 0 spiro atoms. The number of anilines is 2. The zero-order valence-corrected chi connectivity index (χ0v) is 14.2. The molecule has 25 heavy (non-hydrogen) atoms. The van der Waals surface area contributed by atoms with Gasteiger partial charge in [-0.3, -0.25) is 4.79 Å². The van der Waals surface area contributed by atoms with Crippen molar-refractivity contribution in [2.24, 2.45) is 0 Å². The van der Waals surface area contributed by atoms with E-state index in [4.69, 9.17) is 0 Å². The van der Waals surface area contributed by atoms with Gasteiger partial charge in [0.25, 0.3) is 0 Å². The highest BCUT2D eigenvalue weighted by Crippen LogP contribution is 2.29. The number of rotatable bonds is 6. The molecule has 0 aliphatic heterocycles. The number of hydrogen-bond donors (Lipinski definition) is 2. The molecule has 0 saturated carbocycles. The van der Waals surface area contributed by atoms with Crippen LogP contribution in [0.5, 0.6) is 0 Å². The van der Waals surface area contributed by atoms with Gasteiger partial charge in [0, 0.05) is 24.3 Å². The van der Waals surface area contributed by atoms with Crippen LogP contribution in [0.3, 0.4) is 0 Å². The summed E-state index contributed by atoms with van der Waals surface area (Å²) in [6.45, 7) is 4.44. The second-order valence-electron chi connectivity index (χ2n) is 6.04. The number of benzene rings is 2. The molecule has 0 aliphatic carbocycles. The number of alkyl halides is 3. The Bertz CT molecular complexity index is 709. The molecule has 0 aromatic heterocycles. The highest BCUT2D eigenvalue weighted by atomic mass is 19.4. The van der Waals surface area contributed by atoms with E-state index in [1.165, 1.54) is 12.1 Å². The maximum absolute atomic E-state index is 12.5. The molecular weight excluding hydrogens is 329 g/mol. The average Bonchev–Trinajstić information content (AvgIpc) is 2.55. The molecule has 134 valence electrons. The fourth-order valence-electron chi connectivity index (χ4n) is 2.42. The normalized spacial score (nSPS) is 11.4. The van der Waals surface area contributed by atoms with E-state index in [1.54, 1.807) is 0 Å². The van der Waals surface area contributed by atoms with Crippen LogP contribution in [-0.4, -0.2) is 12.5 Å². The van der Waals surface area contributed by atoms with Gasteiger partial charge in [-0.25, -0.2) is 0 Å². The highest BCUT2D eigenvalue weighted by Gasteiger charge is 2.29. The third-order valence-electron chi connectivity index (χ3n) is 3.75. The maximum atomic E-state index is 12.5. The first kappa shape index (κ1) is 18.8. The molecule has 2 aromatic rings. The molecule has 0 saturated heterocycles. The summed E-state index contributed by atoms with van der Waals surface area (Å²) in [7, 11) is 0. The van der Waals surface area contributed by atoms with Gasteiger partial charge in [-0.05, 0) is 41.8 Å². The minimum absolute atomic E-state index is 0.146. The second kappa shape index (κ2) is 8.05. The van der Waals surface area contributed by atoms with Crippen molar-refractivity contribution in [1.29, 1.82) is 0 Å². The molecule has 0 bridgehead atoms. The van der Waals surface area contributed by atoms with Crippen LogP contribution >= 0.6 is 0 Å². The van der Waals surface area contributed by atoms with Gasteiger partial charge in [0.1, 0.15) is 0 Å². The van der Waals surface area contributed by atoms with Crippen LogP contribution in [0.4, 0.5) is 24.5 Å². The topological polar surface area (TPSA) is 41.1 Å². The third kappa shape index (κ3) is 5.52. The fourth-order valence-corrected chi connectivity index (χ4v) is 2.42. The zero-order valence-electron chi connectivity index (χ0n) is 14.2. The van der Waals surface area contributed by atoms with E-state index in [0.29, 0.717) is 18.2 Å². The summed E-state index contributed by atoms with van der Waals surface area (Å²) in [6.07, 6.45) is -4.13. The van der Waals surface area contributed by atoms with Gasteiger partial charge < -0.3 is 10.6 Å². The van der Waals surface area contributed by atoms with Crippen molar-refractivity contribution in [2.75, 3.05) is 17.2 Å². The van der Waals surface area contributed by atoms with E-state index in [9.17, 15) is 18.0 Å². The number of amides is 1. The van der Waals surface area contributed by atoms with Crippen molar-refractivity contribution in [3.05, 3.63) is 59.7 Å². The van der Waals surface area contributed by atoms with Gasteiger partial charge in [0.15, 0.2) is 0 Å². The molecule has 0 unspecified atom stereocenters. The monoisotopic (exact) mass is 350 g/mol. The van der Waals surface area contributed by atoms with Crippen molar-refractivity contribution in [1.82, 2.24) is 0 Å². The van der Waals surface area contributed by atoms with E-state index in [-0.39, 0.29) is 12.3 Å². The number of halogens is 3. The van der Waals surface area contributed by atoms with Gasteiger partial charge in [0.2, 0.25) is 5.91 Å². The van der Waals surface area contributed by atoms with Gasteiger partial charge >= 0.3 is 6.18 Å². The quantitative estimate of drug-likeness (QED) is 0.745. The number of nitrogens with one attached hydrogen (secondary N) is 2. The first-order chi connectivity index (χ1) is 11.8. The van der Waals surface area contributed by atoms with Crippen LogP contribution in [0.15, 0.2) is 48.5 Å². The average molecular weight is 350 g/mol. The van der Waals surface area contributed by atoms with Crippen LogP contribution < -0.4 is 10.6 Å². The molecule has 2 aromatic carbocycles. The minimum atomic E-state index is -4.35. The summed E-state index contributed by atoms with van der Waals surface area (Å²) in [5.74, 6) is 0.147. The summed E-state index contributed by atoms with van der Waals surface area (Å²) in [6, 6.07) is 12.4. The van der Waals surface area contributed by atoms with E-state index in [0.717, 1.165) is 23.4 Å². The summed E-state index contributed by atoms with van der Waals surface area (Å²) < 4.78 is 37.5. The highest BCUT2D eigenvalue weighted by molar-refractivity contribution is 5.91. The summed E-state index contributed by atoms with van der Waals surface area (Å²) in [4.78, 5) is 12.1. The Morgan fingerprint density at radius 2 is 1.68 bits per heavy atom. The van der Waals surface area contributed by atoms with Crippen molar-refractivity contribution >= 4 is 17.3 Å². The largest absolute Gasteiger partial charge is 0.416 e. The van der Waals surface area contributed by atoms with Crippen LogP contribution in [0.1, 0.15) is 37.3 Å². The molecule has 6 heteroatoms. The molecule has 0 radical (unpaired) electrons. The van der Waals surface area contributed by atoms with Gasteiger partial charge in [-0.1, -0.05) is 32.0 Å². The second-order valence-corrected chi connectivity index (χ2v) is 6.04. The lowest BCUT2D eigenvalue weighted by molar-refractivity contribution is -0.137. The standard InChI is InChI=1S/C19H21F3N2O/c1-13(2)16-5-3-4-6-17(16)24-18(25)11-12-23-15-9-7-14(8-10-15)19(20,21)22/h3-10,13,23H,11-12H2,1-2H3,(H,24,25). The first-order valence-corrected chi connectivity index (χ1v) is 8.07. The molecule has 1 amide bonds. The Morgan fingerprint density at radius 1 is 1.04 bits per heavy atom. The lowest BCUT2D eigenvalue weighted by atomic mass is 10.0. The number of carbonyl (C=O) groups excluding carboxylic acids is 1. The van der Waals surface area contributed by atoms with Gasteiger partial charge in [-0.15, -0.1) is 0 Å².